The molecule has 0 unspecified atom stereocenters. The van der Waals surface area contributed by atoms with Gasteiger partial charge in [0, 0.05) is 47.3 Å². The van der Waals surface area contributed by atoms with Crippen LogP contribution in [-0.2, 0) is 10.8 Å². The summed E-state index contributed by atoms with van der Waals surface area (Å²) in [6, 6.07) is 57.4. The van der Waals surface area contributed by atoms with Crippen LogP contribution in [0.1, 0.15) is 55.5 Å². The molecule has 2 aliphatic rings. The summed E-state index contributed by atoms with van der Waals surface area (Å²) in [5.74, 6) is 0. The van der Waals surface area contributed by atoms with Crippen molar-refractivity contribution in [2.75, 3.05) is 0 Å². The third-order valence-corrected chi connectivity index (χ3v) is 15.2. The van der Waals surface area contributed by atoms with E-state index in [1.807, 2.05) is 11.3 Å². The summed E-state index contributed by atoms with van der Waals surface area (Å²) in [5, 5.41) is 10.2. The summed E-state index contributed by atoms with van der Waals surface area (Å²) in [7, 11) is 0. The molecule has 11 aromatic rings. The number of hydrogen-bond donors (Lipinski definition) is 0. The van der Waals surface area contributed by atoms with Crippen LogP contribution in [0.25, 0.3) is 108 Å². The van der Waals surface area contributed by atoms with Gasteiger partial charge < -0.3 is 4.42 Å². The molecule has 0 amide bonds. The fourth-order valence-electron chi connectivity index (χ4n) is 10.9. The van der Waals surface area contributed by atoms with Gasteiger partial charge in [0.05, 0.1) is 0 Å². The maximum atomic E-state index is 7.06. The highest BCUT2D eigenvalue weighted by Crippen LogP contribution is 2.56. The van der Waals surface area contributed by atoms with Crippen molar-refractivity contribution in [3.8, 4) is 44.5 Å². The van der Waals surface area contributed by atoms with E-state index in [-0.39, 0.29) is 10.8 Å². The molecule has 2 heterocycles. The zero-order chi connectivity index (χ0) is 39.5. The molecule has 0 spiro atoms. The molecular formula is C57H40OS. The number of aryl methyl sites for hydroxylation is 1. The third kappa shape index (κ3) is 4.50. The van der Waals surface area contributed by atoms with Crippen LogP contribution in [0, 0.1) is 6.92 Å². The van der Waals surface area contributed by atoms with E-state index < -0.39 is 0 Å². The minimum Gasteiger partial charge on any atom is -0.456 e. The number of rotatable bonds is 2. The Morgan fingerprint density at radius 2 is 1.12 bits per heavy atom. The molecule has 0 saturated carbocycles. The predicted molar refractivity (Wildman–Crippen MR) is 252 cm³/mol. The van der Waals surface area contributed by atoms with Gasteiger partial charge >= 0.3 is 0 Å². The van der Waals surface area contributed by atoms with E-state index in [1.54, 1.807) is 0 Å². The van der Waals surface area contributed by atoms with Crippen LogP contribution in [0.2, 0.25) is 0 Å². The lowest BCUT2D eigenvalue weighted by Crippen LogP contribution is -2.15. The summed E-state index contributed by atoms with van der Waals surface area (Å²) < 4.78 is 9.77. The van der Waals surface area contributed by atoms with Crippen LogP contribution in [0.4, 0.5) is 0 Å². The quantitative estimate of drug-likeness (QED) is 0.171. The smallest absolute Gasteiger partial charge is 0.140 e. The molecule has 9 aromatic carbocycles. The average Bonchev–Trinajstić information content (AvgIpc) is 3.93. The van der Waals surface area contributed by atoms with Crippen LogP contribution in [0.15, 0.2) is 156 Å². The molecule has 2 aromatic heterocycles. The van der Waals surface area contributed by atoms with E-state index >= 15 is 0 Å². The molecule has 0 fully saturated rings. The second-order valence-electron chi connectivity index (χ2n) is 18.2. The van der Waals surface area contributed by atoms with E-state index in [4.69, 9.17) is 4.42 Å². The first-order valence-corrected chi connectivity index (χ1v) is 21.6. The Hall–Kier alpha value is -6.48. The van der Waals surface area contributed by atoms with E-state index in [1.165, 1.54) is 125 Å². The van der Waals surface area contributed by atoms with E-state index in [9.17, 15) is 0 Å². The Bertz CT molecular complexity index is 3670. The maximum Gasteiger partial charge on any atom is 0.140 e. The second-order valence-corrected chi connectivity index (χ2v) is 19.2. The minimum absolute atomic E-state index is 0.166. The fourth-order valence-corrected chi connectivity index (χ4v) is 12.2. The minimum atomic E-state index is -0.219. The van der Waals surface area contributed by atoms with Crippen LogP contribution in [0.3, 0.4) is 0 Å². The number of furan rings is 1. The predicted octanol–water partition coefficient (Wildman–Crippen LogP) is 16.5. The highest BCUT2D eigenvalue weighted by Gasteiger charge is 2.40. The van der Waals surface area contributed by atoms with Crippen molar-refractivity contribution in [2.45, 2.75) is 45.4 Å². The molecule has 280 valence electrons. The maximum absolute atomic E-state index is 7.06. The molecule has 0 radical (unpaired) electrons. The Kier molecular flexibility index (Phi) is 6.46. The topological polar surface area (TPSA) is 13.1 Å². The fraction of sp³-hybridized carbons (Fsp3) is 0.123. The molecule has 0 atom stereocenters. The molecule has 2 aliphatic carbocycles. The van der Waals surface area contributed by atoms with Gasteiger partial charge in [-0.05, 0) is 156 Å². The standard InChI is InChI=1S/C57H40OS/c1-31-14-21-52-47(22-31)42-13-9-12-39(55(42)59-52)36-18-17-35-26-44-45-30-51-46(29-50(45)56(2,3)48(44)27-38(35)24-36)41-20-19-40-43-25-34-16-15-33(32-10-7-6-8-11-32)23-37(34)28-49(43)57(4,5)53(40)54(41)58-51/h6-30H,1-5H3. The van der Waals surface area contributed by atoms with E-state index in [0.717, 1.165) is 11.2 Å². The van der Waals surface area contributed by atoms with Gasteiger partial charge in [0.25, 0.3) is 0 Å². The number of hydrogen-bond acceptors (Lipinski definition) is 2. The van der Waals surface area contributed by atoms with Gasteiger partial charge in [-0.15, -0.1) is 11.3 Å². The number of thiophene rings is 1. The molecule has 1 nitrogen and oxygen atoms in total. The van der Waals surface area contributed by atoms with Crippen LogP contribution in [-0.4, -0.2) is 0 Å². The lowest BCUT2D eigenvalue weighted by atomic mass is 9.80. The lowest BCUT2D eigenvalue weighted by molar-refractivity contribution is 0.620. The summed E-state index contributed by atoms with van der Waals surface area (Å²) >= 11 is 1.91. The van der Waals surface area contributed by atoms with Gasteiger partial charge in [-0.25, -0.2) is 0 Å². The molecular weight excluding hydrogens is 733 g/mol. The molecule has 0 saturated heterocycles. The lowest BCUT2D eigenvalue weighted by Gasteiger charge is -2.22. The highest BCUT2D eigenvalue weighted by atomic mass is 32.1. The summed E-state index contributed by atoms with van der Waals surface area (Å²) in [4.78, 5) is 0. The molecule has 13 rings (SSSR count). The molecule has 59 heavy (non-hydrogen) atoms. The van der Waals surface area contributed by atoms with Gasteiger partial charge in [0.2, 0.25) is 0 Å². The van der Waals surface area contributed by atoms with Crippen molar-refractivity contribution in [3.63, 3.8) is 0 Å². The Balaban J connectivity index is 0.930. The first-order chi connectivity index (χ1) is 28.6. The van der Waals surface area contributed by atoms with Gasteiger partial charge in [0.15, 0.2) is 0 Å². The first-order valence-electron chi connectivity index (χ1n) is 20.8. The SMILES string of the molecule is Cc1ccc2sc3c(-c4ccc5cc6c(cc5c4)C(C)(C)c4cc5c(cc4-6)oc4c6c(ccc45)-c4cc5ccc(-c7ccccc7)cc5cc4C6(C)C)cccc3c2c1. The largest absolute Gasteiger partial charge is 0.456 e. The van der Waals surface area contributed by atoms with Crippen molar-refractivity contribution in [3.05, 3.63) is 179 Å². The van der Waals surface area contributed by atoms with E-state index in [2.05, 4.69) is 186 Å². The van der Waals surface area contributed by atoms with Gasteiger partial charge in [-0.3, -0.25) is 0 Å². The van der Waals surface area contributed by atoms with Crippen molar-refractivity contribution in [2.24, 2.45) is 0 Å². The van der Waals surface area contributed by atoms with Crippen molar-refractivity contribution >= 4 is 75.0 Å². The van der Waals surface area contributed by atoms with Gasteiger partial charge in [0.1, 0.15) is 11.2 Å². The Morgan fingerprint density at radius 3 is 1.92 bits per heavy atom. The summed E-state index contributed by atoms with van der Waals surface area (Å²) in [5.41, 5.74) is 18.6. The normalized spacial score (nSPS) is 14.8. The number of fused-ring (bicyclic) bond motifs is 15. The van der Waals surface area contributed by atoms with Crippen LogP contribution >= 0.6 is 11.3 Å². The molecule has 0 aliphatic heterocycles. The molecule has 0 N–H and O–H groups in total. The van der Waals surface area contributed by atoms with Gasteiger partial charge in [-0.2, -0.15) is 0 Å². The summed E-state index contributed by atoms with van der Waals surface area (Å²) in [6.07, 6.45) is 0. The second kappa shape index (κ2) is 11.4. The summed E-state index contributed by atoms with van der Waals surface area (Å²) in [6.45, 7) is 11.7. The highest BCUT2D eigenvalue weighted by molar-refractivity contribution is 7.26. The van der Waals surface area contributed by atoms with Crippen molar-refractivity contribution in [1.82, 2.24) is 0 Å². The Morgan fingerprint density at radius 1 is 0.424 bits per heavy atom. The molecule has 0 bridgehead atoms. The van der Waals surface area contributed by atoms with Crippen molar-refractivity contribution in [1.29, 1.82) is 0 Å². The average molecular weight is 773 g/mol. The third-order valence-electron chi connectivity index (χ3n) is 14.0. The monoisotopic (exact) mass is 772 g/mol. The van der Waals surface area contributed by atoms with Crippen LogP contribution in [0.5, 0.6) is 0 Å². The number of benzene rings is 9. The first kappa shape index (κ1) is 33.5. The van der Waals surface area contributed by atoms with Crippen molar-refractivity contribution < 1.29 is 4.42 Å². The zero-order valence-electron chi connectivity index (χ0n) is 33.8. The zero-order valence-corrected chi connectivity index (χ0v) is 34.6. The van der Waals surface area contributed by atoms with E-state index in [0.29, 0.717) is 0 Å². The van der Waals surface area contributed by atoms with Crippen LogP contribution < -0.4 is 0 Å². The van der Waals surface area contributed by atoms with Gasteiger partial charge in [-0.1, -0.05) is 118 Å². The Labute approximate surface area is 347 Å². The molecule has 2 heteroatoms.